The third kappa shape index (κ3) is 2.77. The van der Waals surface area contributed by atoms with Gasteiger partial charge in [-0.3, -0.25) is 0 Å². The molecule has 8 atom stereocenters. The molecule has 4 rings (SSSR count). The van der Waals surface area contributed by atoms with Crippen molar-refractivity contribution in [1.29, 1.82) is 0 Å². The van der Waals surface area contributed by atoms with Gasteiger partial charge in [-0.05, 0) is 73.5 Å². The van der Waals surface area contributed by atoms with E-state index in [-0.39, 0.29) is 10.8 Å². The molecule has 3 aliphatic rings. The molecule has 27 heavy (non-hydrogen) atoms. The molecule has 0 unspecified atom stereocenters. The molecule has 0 radical (unpaired) electrons. The Morgan fingerprint density at radius 2 is 1.85 bits per heavy atom. The second kappa shape index (κ2) is 6.81. The topological polar surface area (TPSA) is 53.4 Å². The van der Waals surface area contributed by atoms with E-state index in [4.69, 9.17) is 0 Å². The molecule has 4 heteroatoms. The highest BCUT2D eigenvalue weighted by atomic mass is 32.1. The van der Waals surface area contributed by atoms with Gasteiger partial charge in [0.15, 0.2) is 0 Å². The first-order valence-electron chi connectivity index (χ1n) is 11.0. The fraction of sp³-hybridized carbons (Fsp3) is 0.870. The summed E-state index contributed by atoms with van der Waals surface area (Å²) in [6.45, 7) is 9.90. The molecule has 1 heterocycles. The van der Waals surface area contributed by atoms with Crippen LogP contribution in [0.2, 0.25) is 0 Å². The van der Waals surface area contributed by atoms with E-state index in [0.29, 0.717) is 30.3 Å². The van der Waals surface area contributed by atoms with Gasteiger partial charge < -0.3 is 10.2 Å². The number of aliphatic hydroxyl groups excluding tert-OH is 1. The first-order valence-corrected chi connectivity index (χ1v) is 11.9. The quantitative estimate of drug-likeness (QED) is 0.742. The predicted octanol–water partition coefficient (Wildman–Crippen LogP) is 5.23. The molecule has 152 valence electrons. The van der Waals surface area contributed by atoms with Crippen molar-refractivity contribution in [2.75, 3.05) is 6.61 Å². The van der Waals surface area contributed by atoms with Crippen LogP contribution >= 0.6 is 11.3 Å². The third-order valence-electron chi connectivity index (χ3n) is 9.47. The number of rotatable bonds is 3. The highest BCUT2D eigenvalue weighted by Crippen LogP contribution is 2.67. The number of thiazole rings is 1. The zero-order chi connectivity index (χ0) is 19.4. The van der Waals surface area contributed by atoms with Crippen molar-refractivity contribution in [1.82, 2.24) is 4.98 Å². The molecule has 3 fully saturated rings. The highest BCUT2D eigenvalue weighted by molar-refractivity contribution is 7.09. The molecular formula is C23H37NO2S. The Bertz CT molecular complexity index is 663. The van der Waals surface area contributed by atoms with Crippen molar-refractivity contribution in [3.63, 3.8) is 0 Å². The average Bonchev–Trinajstić information content (AvgIpc) is 3.26. The Morgan fingerprint density at radius 1 is 1.11 bits per heavy atom. The summed E-state index contributed by atoms with van der Waals surface area (Å²) in [5.41, 5.74) is -0.596. The molecule has 0 saturated heterocycles. The average molecular weight is 392 g/mol. The van der Waals surface area contributed by atoms with Gasteiger partial charge in [-0.1, -0.05) is 34.1 Å². The Labute approximate surface area is 168 Å². The van der Waals surface area contributed by atoms with E-state index >= 15 is 0 Å². The summed E-state index contributed by atoms with van der Waals surface area (Å²) < 4.78 is 0. The lowest BCUT2D eigenvalue weighted by atomic mass is 9.48. The Kier molecular flexibility index (Phi) is 5.01. The molecule has 0 spiro atoms. The first-order chi connectivity index (χ1) is 12.8. The van der Waals surface area contributed by atoms with Gasteiger partial charge in [0.2, 0.25) is 0 Å². The first kappa shape index (κ1) is 19.8. The summed E-state index contributed by atoms with van der Waals surface area (Å²) in [6, 6.07) is 0. The van der Waals surface area contributed by atoms with Gasteiger partial charge in [0, 0.05) is 23.6 Å². The zero-order valence-corrected chi connectivity index (χ0v) is 18.3. The maximum absolute atomic E-state index is 11.7. The molecule has 1 aromatic heterocycles. The lowest BCUT2D eigenvalue weighted by Crippen LogP contribution is -2.53. The fourth-order valence-electron chi connectivity index (χ4n) is 7.62. The van der Waals surface area contributed by atoms with Crippen LogP contribution in [0, 0.1) is 40.4 Å². The molecular weight excluding hydrogens is 354 g/mol. The minimum atomic E-state index is -0.760. The van der Waals surface area contributed by atoms with Crippen LogP contribution in [0.3, 0.4) is 0 Å². The lowest BCUT2D eigenvalue weighted by Gasteiger charge is -2.57. The standard InChI is InChI=1S/C23H37NO2S/c1-15-5-8-21(3,17(13-15)14-25)18-6-9-22(4)19(16(18)2)7-10-23(22,26)20-24-11-12-27-20/h11-12,15-19,25-26H,5-10,13-14H2,1-4H3/t15-,16+,17+,18-,19-,21-,22-,23+/m0/s1. The van der Waals surface area contributed by atoms with Crippen LogP contribution in [0.5, 0.6) is 0 Å². The van der Waals surface area contributed by atoms with E-state index in [2.05, 4.69) is 32.7 Å². The largest absolute Gasteiger partial charge is 0.396 e. The number of aliphatic hydroxyl groups is 2. The summed E-state index contributed by atoms with van der Waals surface area (Å²) in [5, 5.41) is 24.8. The summed E-state index contributed by atoms with van der Waals surface area (Å²) in [5.74, 6) is 2.95. The van der Waals surface area contributed by atoms with Gasteiger partial charge in [-0.15, -0.1) is 11.3 Å². The minimum Gasteiger partial charge on any atom is -0.396 e. The molecule has 2 N–H and O–H groups in total. The Morgan fingerprint density at radius 3 is 2.52 bits per heavy atom. The van der Waals surface area contributed by atoms with Crippen molar-refractivity contribution in [2.24, 2.45) is 40.4 Å². The van der Waals surface area contributed by atoms with Crippen LogP contribution < -0.4 is 0 Å². The van der Waals surface area contributed by atoms with E-state index in [1.54, 1.807) is 11.3 Å². The van der Waals surface area contributed by atoms with E-state index < -0.39 is 5.60 Å². The monoisotopic (exact) mass is 391 g/mol. The molecule has 3 nitrogen and oxygen atoms in total. The molecule has 3 saturated carbocycles. The lowest BCUT2D eigenvalue weighted by molar-refractivity contribution is -0.139. The molecule has 3 aliphatic carbocycles. The summed E-state index contributed by atoms with van der Waals surface area (Å²) in [7, 11) is 0. The van der Waals surface area contributed by atoms with Gasteiger partial charge in [-0.2, -0.15) is 0 Å². The van der Waals surface area contributed by atoms with E-state index in [1.165, 1.54) is 25.7 Å². The van der Waals surface area contributed by atoms with Crippen LogP contribution in [-0.4, -0.2) is 21.8 Å². The van der Waals surface area contributed by atoms with Gasteiger partial charge in [-0.25, -0.2) is 4.98 Å². The summed E-state index contributed by atoms with van der Waals surface area (Å²) in [4.78, 5) is 4.52. The van der Waals surface area contributed by atoms with Crippen molar-refractivity contribution in [3.05, 3.63) is 16.6 Å². The van der Waals surface area contributed by atoms with Crippen molar-refractivity contribution < 1.29 is 10.2 Å². The van der Waals surface area contributed by atoms with Crippen molar-refractivity contribution in [2.45, 2.75) is 78.2 Å². The fourth-order valence-corrected chi connectivity index (χ4v) is 8.53. The second-order valence-electron chi connectivity index (χ2n) is 10.5. The second-order valence-corrected chi connectivity index (χ2v) is 11.4. The van der Waals surface area contributed by atoms with Crippen LogP contribution in [0.15, 0.2) is 11.6 Å². The van der Waals surface area contributed by atoms with Gasteiger partial charge in [0.1, 0.15) is 10.6 Å². The number of fused-ring (bicyclic) bond motifs is 1. The molecule has 1 aromatic rings. The number of nitrogens with zero attached hydrogens (tertiary/aromatic N) is 1. The van der Waals surface area contributed by atoms with Crippen molar-refractivity contribution in [3.8, 4) is 0 Å². The minimum absolute atomic E-state index is 0.0756. The smallest absolute Gasteiger partial charge is 0.125 e. The maximum atomic E-state index is 11.7. The van der Waals surface area contributed by atoms with E-state index in [9.17, 15) is 10.2 Å². The van der Waals surface area contributed by atoms with E-state index in [0.717, 1.165) is 30.2 Å². The zero-order valence-electron chi connectivity index (χ0n) is 17.4. The molecule has 0 aromatic carbocycles. The van der Waals surface area contributed by atoms with Gasteiger partial charge >= 0.3 is 0 Å². The van der Waals surface area contributed by atoms with Crippen LogP contribution in [0.4, 0.5) is 0 Å². The van der Waals surface area contributed by atoms with Crippen molar-refractivity contribution >= 4 is 11.3 Å². The summed E-state index contributed by atoms with van der Waals surface area (Å²) in [6.07, 6.45) is 9.72. The van der Waals surface area contributed by atoms with Gasteiger partial charge in [0.05, 0.1) is 0 Å². The summed E-state index contributed by atoms with van der Waals surface area (Å²) >= 11 is 1.61. The number of aromatic nitrogens is 1. The number of hydrogen-bond donors (Lipinski definition) is 2. The van der Waals surface area contributed by atoms with Gasteiger partial charge in [0.25, 0.3) is 0 Å². The van der Waals surface area contributed by atoms with Crippen LogP contribution in [-0.2, 0) is 5.60 Å². The normalized spacial score (nSPS) is 50.5. The Hall–Kier alpha value is -0.450. The third-order valence-corrected chi connectivity index (χ3v) is 10.4. The molecule has 0 aliphatic heterocycles. The molecule has 0 bridgehead atoms. The SMILES string of the molecule is C[C@H]1CC[C@](C)([C@H]2CC[C@@]3(C)[C@@H](CC[C@@]3(O)c3nccs3)[C@@H]2C)[C@@H](CO)C1. The van der Waals surface area contributed by atoms with E-state index in [1.807, 2.05) is 11.6 Å². The van der Waals surface area contributed by atoms with Crippen LogP contribution in [0.25, 0.3) is 0 Å². The predicted molar refractivity (Wildman–Crippen MR) is 110 cm³/mol. The molecule has 0 amide bonds. The number of hydrogen-bond acceptors (Lipinski definition) is 4. The Balaban J connectivity index is 1.62. The highest BCUT2D eigenvalue weighted by Gasteiger charge is 2.63. The maximum Gasteiger partial charge on any atom is 0.125 e. The van der Waals surface area contributed by atoms with Crippen LogP contribution in [0.1, 0.15) is 77.6 Å².